The van der Waals surface area contributed by atoms with Crippen LogP contribution in [0.15, 0.2) is 48.5 Å². The maximum atomic E-state index is 12.7. The summed E-state index contributed by atoms with van der Waals surface area (Å²) in [5.41, 5.74) is -0.308. The Hall–Kier alpha value is -2.01. The molecule has 0 bridgehead atoms. The molecule has 0 heterocycles. The van der Waals surface area contributed by atoms with Crippen LogP contribution in [0, 0.1) is 0 Å². The van der Waals surface area contributed by atoms with Gasteiger partial charge in [0.25, 0.3) is 0 Å². The molecule has 22 heavy (non-hydrogen) atoms. The van der Waals surface area contributed by atoms with Crippen molar-refractivity contribution in [1.29, 1.82) is 0 Å². The lowest BCUT2D eigenvalue weighted by atomic mass is 10.1. The Bertz CT molecular complexity index is 666. The fraction of sp³-hybridized carbons (Fsp3) is 0.188. The van der Waals surface area contributed by atoms with Crippen LogP contribution in [0.4, 0.5) is 13.2 Å². The van der Waals surface area contributed by atoms with Crippen molar-refractivity contribution in [2.24, 2.45) is 0 Å². The van der Waals surface area contributed by atoms with Crippen LogP contribution in [0.1, 0.15) is 24.2 Å². The third-order valence-corrected chi connectivity index (χ3v) is 3.21. The van der Waals surface area contributed by atoms with Gasteiger partial charge in [0.15, 0.2) is 11.9 Å². The minimum atomic E-state index is -4.47. The average molecular weight is 329 g/mol. The molecule has 2 aromatic carbocycles. The predicted octanol–water partition coefficient (Wildman–Crippen LogP) is 5.07. The molecule has 1 atom stereocenters. The molecular formula is C16H12ClF3O2. The van der Waals surface area contributed by atoms with Gasteiger partial charge in [0.2, 0.25) is 0 Å². The number of Topliss-reactive ketones (excluding diaryl/α,β-unsaturated/α-hetero) is 1. The molecule has 2 rings (SSSR count). The highest BCUT2D eigenvalue weighted by Crippen LogP contribution is 2.32. The topological polar surface area (TPSA) is 26.3 Å². The summed E-state index contributed by atoms with van der Waals surface area (Å²) >= 11 is 5.78. The van der Waals surface area contributed by atoms with Crippen molar-refractivity contribution in [3.63, 3.8) is 0 Å². The number of carbonyl (C=O) groups excluding carboxylic acids is 1. The van der Waals surface area contributed by atoms with E-state index in [-0.39, 0.29) is 11.5 Å². The zero-order chi connectivity index (χ0) is 16.3. The van der Waals surface area contributed by atoms with Crippen LogP contribution >= 0.6 is 11.6 Å². The fourth-order valence-corrected chi connectivity index (χ4v) is 2.03. The second kappa shape index (κ2) is 6.40. The molecule has 6 heteroatoms. The van der Waals surface area contributed by atoms with Crippen molar-refractivity contribution in [1.82, 2.24) is 0 Å². The van der Waals surface area contributed by atoms with Gasteiger partial charge in [0.05, 0.1) is 5.56 Å². The van der Waals surface area contributed by atoms with Crippen molar-refractivity contribution in [3.05, 3.63) is 64.7 Å². The van der Waals surface area contributed by atoms with Crippen LogP contribution in [-0.2, 0) is 11.0 Å². The minimum Gasteiger partial charge on any atom is -0.478 e. The van der Waals surface area contributed by atoms with Crippen molar-refractivity contribution in [2.45, 2.75) is 19.2 Å². The number of benzene rings is 2. The van der Waals surface area contributed by atoms with Crippen molar-refractivity contribution >= 4 is 17.4 Å². The quantitative estimate of drug-likeness (QED) is 0.783. The average Bonchev–Trinajstić information content (AvgIpc) is 2.45. The van der Waals surface area contributed by atoms with Crippen molar-refractivity contribution in [3.8, 4) is 5.75 Å². The van der Waals surface area contributed by atoms with E-state index >= 15 is 0 Å². The lowest BCUT2D eigenvalue weighted by molar-refractivity contribution is -0.137. The van der Waals surface area contributed by atoms with Gasteiger partial charge < -0.3 is 4.74 Å². The molecule has 2 aromatic rings. The summed E-state index contributed by atoms with van der Waals surface area (Å²) in [7, 11) is 0. The molecule has 0 saturated carbocycles. The van der Waals surface area contributed by atoms with E-state index in [1.807, 2.05) is 0 Å². The van der Waals surface area contributed by atoms with E-state index in [1.165, 1.54) is 19.1 Å². The number of rotatable bonds is 4. The van der Waals surface area contributed by atoms with Gasteiger partial charge in [-0.15, -0.1) is 0 Å². The summed E-state index contributed by atoms with van der Waals surface area (Å²) < 4.78 is 43.5. The number of ketones is 1. The van der Waals surface area contributed by atoms with E-state index in [4.69, 9.17) is 16.3 Å². The molecule has 0 aliphatic heterocycles. The fourth-order valence-electron chi connectivity index (χ4n) is 1.91. The van der Waals surface area contributed by atoms with E-state index in [2.05, 4.69) is 0 Å². The van der Waals surface area contributed by atoms with Gasteiger partial charge in [-0.05, 0) is 42.8 Å². The molecule has 0 aliphatic rings. The summed E-state index contributed by atoms with van der Waals surface area (Å²) in [5, 5.41) is 0.491. The number of ether oxygens (including phenoxy) is 1. The van der Waals surface area contributed by atoms with Gasteiger partial charge in [0, 0.05) is 5.02 Å². The number of hydrogen-bond donors (Lipinski definition) is 0. The molecule has 1 unspecified atom stereocenters. The lowest BCUT2D eigenvalue weighted by Crippen LogP contribution is -2.16. The highest BCUT2D eigenvalue weighted by atomic mass is 35.5. The monoisotopic (exact) mass is 328 g/mol. The van der Waals surface area contributed by atoms with Gasteiger partial charge in [0.1, 0.15) is 5.75 Å². The summed E-state index contributed by atoms with van der Waals surface area (Å²) in [6.07, 6.45) is -5.45. The zero-order valence-corrected chi connectivity index (χ0v) is 12.3. The summed E-state index contributed by atoms with van der Waals surface area (Å²) in [4.78, 5) is 11.7. The Labute approximate surface area is 130 Å². The number of alkyl halides is 3. The summed E-state index contributed by atoms with van der Waals surface area (Å²) in [6, 6.07) is 10.8. The molecule has 0 fully saturated rings. The Kier molecular flexibility index (Phi) is 4.76. The van der Waals surface area contributed by atoms with E-state index in [0.29, 0.717) is 10.6 Å². The molecule has 0 aromatic heterocycles. The van der Waals surface area contributed by atoms with Crippen LogP contribution in [0.5, 0.6) is 5.75 Å². The first-order chi connectivity index (χ1) is 10.3. The van der Waals surface area contributed by atoms with E-state index in [1.54, 1.807) is 24.3 Å². The molecule has 0 radical (unpaired) electrons. The van der Waals surface area contributed by atoms with Crippen molar-refractivity contribution < 1.29 is 22.7 Å². The van der Waals surface area contributed by atoms with E-state index in [9.17, 15) is 18.0 Å². The smallest absolute Gasteiger partial charge is 0.416 e. The third-order valence-electron chi connectivity index (χ3n) is 2.96. The second-order valence-corrected chi connectivity index (χ2v) is 5.12. The maximum Gasteiger partial charge on any atom is 0.416 e. The maximum absolute atomic E-state index is 12.7. The first-order valence-electron chi connectivity index (χ1n) is 6.37. The molecule has 0 N–H and O–H groups in total. The standard InChI is InChI=1S/C16H12ClF3O2/c1-10(21)15(11-5-7-13(17)8-6-11)22-14-4-2-3-12(9-14)16(18,19)20/h2-9,15H,1H3. The zero-order valence-electron chi connectivity index (χ0n) is 11.5. The number of halogens is 4. The largest absolute Gasteiger partial charge is 0.478 e. The molecule has 0 amide bonds. The Balaban J connectivity index is 2.29. The molecule has 0 aliphatic carbocycles. The second-order valence-electron chi connectivity index (χ2n) is 4.69. The first-order valence-corrected chi connectivity index (χ1v) is 6.75. The molecule has 0 spiro atoms. The third kappa shape index (κ3) is 4.01. The Morgan fingerprint density at radius 1 is 1.14 bits per heavy atom. The lowest BCUT2D eigenvalue weighted by Gasteiger charge is -2.18. The number of hydrogen-bond acceptors (Lipinski definition) is 2. The SMILES string of the molecule is CC(=O)C(Oc1cccc(C(F)(F)F)c1)c1ccc(Cl)cc1. The van der Waals surface area contributed by atoms with Gasteiger partial charge in [-0.2, -0.15) is 13.2 Å². The number of carbonyl (C=O) groups is 1. The van der Waals surface area contributed by atoms with Gasteiger partial charge in [-0.25, -0.2) is 0 Å². The van der Waals surface area contributed by atoms with Crippen LogP contribution in [0.2, 0.25) is 5.02 Å². The summed E-state index contributed by atoms with van der Waals surface area (Å²) in [6.45, 7) is 1.31. The van der Waals surface area contributed by atoms with Crippen molar-refractivity contribution in [2.75, 3.05) is 0 Å². The molecule has 0 saturated heterocycles. The van der Waals surface area contributed by atoms with Crippen LogP contribution in [0.25, 0.3) is 0 Å². The van der Waals surface area contributed by atoms with Crippen LogP contribution in [-0.4, -0.2) is 5.78 Å². The Morgan fingerprint density at radius 3 is 2.32 bits per heavy atom. The van der Waals surface area contributed by atoms with Gasteiger partial charge in [-0.1, -0.05) is 29.8 Å². The highest BCUT2D eigenvalue weighted by Gasteiger charge is 2.31. The highest BCUT2D eigenvalue weighted by molar-refractivity contribution is 6.30. The summed E-state index contributed by atoms with van der Waals surface area (Å²) in [5.74, 6) is -0.343. The first kappa shape index (κ1) is 16.4. The van der Waals surface area contributed by atoms with Gasteiger partial charge >= 0.3 is 6.18 Å². The molecule has 2 nitrogen and oxygen atoms in total. The van der Waals surface area contributed by atoms with Gasteiger partial charge in [-0.3, -0.25) is 4.79 Å². The minimum absolute atomic E-state index is 0.0232. The normalized spacial score (nSPS) is 12.8. The molecular weight excluding hydrogens is 317 g/mol. The van der Waals surface area contributed by atoms with E-state index in [0.717, 1.165) is 12.1 Å². The van der Waals surface area contributed by atoms with E-state index < -0.39 is 17.8 Å². The molecule has 116 valence electrons. The predicted molar refractivity (Wildman–Crippen MR) is 76.9 cm³/mol. The Morgan fingerprint density at radius 2 is 1.77 bits per heavy atom. The van der Waals surface area contributed by atoms with Crippen LogP contribution < -0.4 is 4.74 Å². The van der Waals surface area contributed by atoms with Crippen LogP contribution in [0.3, 0.4) is 0 Å².